The fourth-order valence-electron chi connectivity index (χ4n) is 4.31. The van der Waals surface area contributed by atoms with Crippen molar-refractivity contribution in [1.82, 2.24) is 0 Å². The van der Waals surface area contributed by atoms with Gasteiger partial charge in [0.05, 0.1) is 16.8 Å². The third kappa shape index (κ3) is 6.06. The van der Waals surface area contributed by atoms with Gasteiger partial charge in [-0.15, -0.1) is 0 Å². The number of hydrogen-bond donors (Lipinski definition) is 3. The van der Waals surface area contributed by atoms with Gasteiger partial charge in [-0.1, -0.05) is 51.5 Å². The van der Waals surface area contributed by atoms with Gasteiger partial charge in [-0.25, -0.2) is 4.79 Å². The van der Waals surface area contributed by atoms with Gasteiger partial charge in [0, 0.05) is 24.7 Å². The lowest BCUT2D eigenvalue weighted by atomic mass is 9.99. The van der Waals surface area contributed by atoms with E-state index in [9.17, 15) is 14.7 Å². The molecule has 6 nitrogen and oxygen atoms in total. The summed E-state index contributed by atoms with van der Waals surface area (Å²) in [5, 5.41) is 15.5. The molecule has 6 heteroatoms. The first-order valence-corrected chi connectivity index (χ1v) is 11.8. The largest absolute Gasteiger partial charge is 0.481 e. The summed E-state index contributed by atoms with van der Waals surface area (Å²) in [6, 6.07) is 13.3. The number of amides is 2. The molecule has 2 unspecified atom stereocenters. The molecular formula is C27H37N3O3. The van der Waals surface area contributed by atoms with Crippen molar-refractivity contribution >= 4 is 29.1 Å². The molecular weight excluding hydrogens is 414 g/mol. The van der Waals surface area contributed by atoms with Crippen LogP contribution in [0, 0.1) is 24.2 Å². The van der Waals surface area contributed by atoms with E-state index in [1.807, 2.05) is 49.4 Å². The summed E-state index contributed by atoms with van der Waals surface area (Å²) in [7, 11) is 0. The maximum Gasteiger partial charge on any atom is 0.323 e. The first-order chi connectivity index (χ1) is 15.5. The van der Waals surface area contributed by atoms with Crippen LogP contribution in [0.1, 0.15) is 58.1 Å². The molecule has 2 aromatic carbocycles. The van der Waals surface area contributed by atoms with E-state index in [0.29, 0.717) is 23.9 Å². The number of carbonyl (C=O) groups is 2. The summed E-state index contributed by atoms with van der Waals surface area (Å²) in [6.45, 7) is 14.2. The third-order valence-electron chi connectivity index (χ3n) is 6.22. The summed E-state index contributed by atoms with van der Waals surface area (Å²) in [5.74, 6) is 0.0886. The van der Waals surface area contributed by atoms with Crippen molar-refractivity contribution in [1.29, 1.82) is 0 Å². The van der Waals surface area contributed by atoms with E-state index >= 15 is 0 Å². The van der Waals surface area contributed by atoms with Crippen LogP contribution >= 0.6 is 0 Å². The number of aryl methyl sites for hydroxylation is 1. The normalized spacial score (nSPS) is 19.5. The second-order valence-corrected chi connectivity index (χ2v) is 10.4. The summed E-state index contributed by atoms with van der Waals surface area (Å²) in [4.78, 5) is 26.9. The quantitative estimate of drug-likeness (QED) is 0.416. The predicted molar refractivity (Wildman–Crippen MR) is 135 cm³/mol. The molecule has 0 aliphatic heterocycles. The van der Waals surface area contributed by atoms with Crippen LogP contribution in [-0.4, -0.2) is 30.2 Å². The summed E-state index contributed by atoms with van der Waals surface area (Å²) >= 11 is 0. The van der Waals surface area contributed by atoms with Crippen LogP contribution < -0.4 is 15.5 Å². The number of carbonyl (C=O) groups excluding carboxylic acids is 1. The molecule has 0 aromatic heterocycles. The molecule has 2 amide bonds. The van der Waals surface area contributed by atoms with Crippen molar-refractivity contribution in [2.24, 2.45) is 17.3 Å². The fraction of sp³-hybridized carbons (Fsp3) is 0.481. The molecule has 2 atom stereocenters. The average molecular weight is 452 g/mol. The Hall–Kier alpha value is -3.02. The molecule has 3 rings (SSSR count). The first kappa shape index (κ1) is 24.6. The highest BCUT2D eigenvalue weighted by molar-refractivity contribution is 6.02. The number of urea groups is 1. The second kappa shape index (κ2) is 9.86. The van der Waals surface area contributed by atoms with Gasteiger partial charge in [-0.2, -0.15) is 0 Å². The Kier molecular flexibility index (Phi) is 7.35. The summed E-state index contributed by atoms with van der Waals surface area (Å²) < 4.78 is 0. The van der Waals surface area contributed by atoms with Crippen molar-refractivity contribution in [3.8, 4) is 0 Å². The molecule has 1 saturated carbocycles. The minimum absolute atomic E-state index is 0.0478. The Balaban J connectivity index is 1.91. The number of rotatable bonds is 9. The van der Waals surface area contributed by atoms with Gasteiger partial charge in [-0.3, -0.25) is 4.79 Å². The van der Waals surface area contributed by atoms with Crippen molar-refractivity contribution < 1.29 is 14.7 Å². The number of carboxylic acids is 1. The van der Waals surface area contributed by atoms with Crippen LogP contribution in [0.2, 0.25) is 0 Å². The minimum Gasteiger partial charge on any atom is -0.481 e. The molecule has 3 N–H and O–H groups in total. The molecule has 1 fully saturated rings. The van der Waals surface area contributed by atoms with E-state index in [4.69, 9.17) is 0 Å². The van der Waals surface area contributed by atoms with Gasteiger partial charge in [0.1, 0.15) is 0 Å². The highest BCUT2D eigenvalue weighted by Gasteiger charge is 2.57. The zero-order valence-electron chi connectivity index (χ0n) is 20.6. The SMILES string of the molecule is Cc1ccc(NC(=O)Nc2cc(C3CC3(C)C(=O)O)ccc2N(CC(C)C)CC(C)C)cc1. The van der Waals surface area contributed by atoms with Gasteiger partial charge in [0.25, 0.3) is 0 Å². The van der Waals surface area contributed by atoms with Crippen molar-refractivity contribution in [3.05, 3.63) is 53.6 Å². The zero-order valence-corrected chi connectivity index (χ0v) is 20.6. The molecule has 0 saturated heterocycles. The first-order valence-electron chi connectivity index (χ1n) is 11.8. The number of hydrogen-bond acceptors (Lipinski definition) is 3. The van der Waals surface area contributed by atoms with Crippen molar-refractivity contribution in [3.63, 3.8) is 0 Å². The van der Waals surface area contributed by atoms with E-state index < -0.39 is 11.4 Å². The van der Waals surface area contributed by atoms with E-state index in [-0.39, 0.29) is 11.9 Å². The number of benzene rings is 2. The van der Waals surface area contributed by atoms with E-state index in [2.05, 4.69) is 43.2 Å². The van der Waals surface area contributed by atoms with E-state index in [1.54, 1.807) is 6.92 Å². The van der Waals surface area contributed by atoms with Crippen LogP contribution in [-0.2, 0) is 4.79 Å². The Labute approximate surface area is 197 Å². The van der Waals surface area contributed by atoms with Crippen LogP contribution in [0.15, 0.2) is 42.5 Å². The van der Waals surface area contributed by atoms with Gasteiger partial charge in [0.2, 0.25) is 0 Å². The molecule has 2 aromatic rings. The predicted octanol–water partition coefficient (Wildman–Crippen LogP) is 6.34. The molecule has 178 valence electrons. The highest BCUT2D eigenvalue weighted by atomic mass is 16.4. The number of nitrogens with zero attached hydrogens (tertiary/aromatic N) is 1. The number of nitrogens with one attached hydrogen (secondary N) is 2. The number of aliphatic carboxylic acids is 1. The van der Waals surface area contributed by atoms with Crippen molar-refractivity contribution in [2.75, 3.05) is 28.6 Å². The summed E-state index contributed by atoms with van der Waals surface area (Å²) in [6.07, 6.45) is 0.610. The lowest BCUT2D eigenvalue weighted by molar-refractivity contribution is -0.142. The Morgan fingerprint density at radius 2 is 1.64 bits per heavy atom. The third-order valence-corrected chi connectivity index (χ3v) is 6.22. The molecule has 0 spiro atoms. The van der Waals surface area contributed by atoms with Crippen LogP contribution in [0.4, 0.5) is 21.9 Å². The van der Waals surface area contributed by atoms with Crippen molar-refractivity contribution in [2.45, 2.75) is 53.9 Å². The highest BCUT2D eigenvalue weighted by Crippen LogP contribution is 2.59. The molecule has 0 heterocycles. The lowest BCUT2D eigenvalue weighted by Crippen LogP contribution is -2.32. The molecule has 1 aliphatic carbocycles. The van der Waals surface area contributed by atoms with E-state index in [0.717, 1.165) is 35.6 Å². The molecule has 0 radical (unpaired) electrons. The molecule has 1 aliphatic rings. The van der Waals surface area contributed by atoms with Gasteiger partial charge >= 0.3 is 12.0 Å². The fourth-order valence-corrected chi connectivity index (χ4v) is 4.31. The van der Waals surface area contributed by atoms with Gasteiger partial charge in [-0.05, 0) is 61.9 Å². The van der Waals surface area contributed by atoms with Crippen LogP contribution in [0.25, 0.3) is 0 Å². The Bertz CT molecular complexity index is 990. The van der Waals surface area contributed by atoms with Gasteiger partial charge in [0.15, 0.2) is 0 Å². The van der Waals surface area contributed by atoms with E-state index in [1.165, 1.54) is 0 Å². The second-order valence-electron chi connectivity index (χ2n) is 10.4. The Morgan fingerprint density at radius 1 is 1.03 bits per heavy atom. The maximum atomic E-state index is 12.9. The number of anilines is 3. The molecule has 33 heavy (non-hydrogen) atoms. The number of carboxylic acid groups (broad SMARTS) is 1. The average Bonchev–Trinajstić information content (AvgIpc) is 3.42. The van der Waals surface area contributed by atoms with Crippen LogP contribution in [0.5, 0.6) is 0 Å². The summed E-state index contributed by atoms with van der Waals surface area (Å²) in [5.41, 5.74) is 3.72. The maximum absolute atomic E-state index is 12.9. The zero-order chi connectivity index (χ0) is 24.3. The lowest BCUT2D eigenvalue weighted by Gasteiger charge is -2.31. The topological polar surface area (TPSA) is 81.7 Å². The smallest absolute Gasteiger partial charge is 0.323 e. The minimum atomic E-state index is -0.774. The molecule has 0 bridgehead atoms. The van der Waals surface area contributed by atoms with Crippen LogP contribution in [0.3, 0.4) is 0 Å². The standard InChI is InChI=1S/C27H37N3O3/c1-17(2)15-30(16-18(3)4)24-12-9-20(22-14-27(22,6)25(31)32)13-23(24)29-26(33)28-21-10-7-19(5)8-11-21/h7-13,17-18,22H,14-16H2,1-6H3,(H,31,32)(H2,28,29,33). The van der Waals surface area contributed by atoms with Gasteiger partial charge < -0.3 is 20.6 Å². The monoisotopic (exact) mass is 451 g/mol. The Morgan fingerprint density at radius 3 is 2.15 bits per heavy atom.